The Morgan fingerprint density at radius 1 is 1.22 bits per heavy atom. The normalized spacial score (nSPS) is 11.0. The van der Waals surface area contributed by atoms with Gasteiger partial charge in [0.15, 0.2) is 0 Å². The Morgan fingerprint density at radius 3 is 2.22 bits per heavy atom. The predicted molar refractivity (Wildman–Crippen MR) is 72.6 cm³/mol. The molecular formula is C14H22N2O2. The maximum absolute atomic E-state index is 12.3. The van der Waals surface area contributed by atoms with Crippen molar-refractivity contribution in [3.05, 3.63) is 34.2 Å². The van der Waals surface area contributed by atoms with E-state index in [1.165, 1.54) is 12.3 Å². The third-order valence-electron chi connectivity index (χ3n) is 2.48. The van der Waals surface area contributed by atoms with Crippen LogP contribution in [0.15, 0.2) is 23.1 Å². The maximum atomic E-state index is 12.3. The lowest BCUT2D eigenvalue weighted by Gasteiger charge is -2.26. The fourth-order valence-electron chi connectivity index (χ4n) is 1.88. The summed E-state index contributed by atoms with van der Waals surface area (Å²) in [6, 6.07) is 3.01. The van der Waals surface area contributed by atoms with Crippen LogP contribution >= 0.6 is 0 Å². The van der Waals surface area contributed by atoms with Gasteiger partial charge in [-0.2, -0.15) is 0 Å². The number of hydrogen-bond acceptors (Lipinski definition) is 2. The standard InChI is InChI=1S/C14H22N2O2/c1-10(2)8-16(9-11(3)4)14(18)12-5-6-15-13(17)7-12/h5-7,10-11H,8-9H2,1-4H3,(H,15,17). The molecule has 1 N–H and O–H groups in total. The first kappa shape index (κ1) is 14.5. The Bertz CT molecular complexity index is 439. The monoisotopic (exact) mass is 250 g/mol. The lowest BCUT2D eigenvalue weighted by Crippen LogP contribution is -2.37. The molecule has 18 heavy (non-hydrogen) atoms. The van der Waals surface area contributed by atoms with Gasteiger partial charge in [0.1, 0.15) is 0 Å². The van der Waals surface area contributed by atoms with Crippen LogP contribution in [0.3, 0.4) is 0 Å². The highest BCUT2D eigenvalue weighted by atomic mass is 16.2. The highest BCUT2D eigenvalue weighted by Gasteiger charge is 2.18. The molecule has 0 bridgehead atoms. The van der Waals surface area contributed by atoms with Gasteiger partial charge in [-0.1, -0.05) is 27.7 Å². The molecule has 4 nitrogen and oxygen atoms in total. The van der Waals surface area contributed by atoms with E-state index >= 15 is 0 Å². The lowest BCUT2D eigenvalue weighted by molar-refractivity contribution is 0.0715. The molecular weight excluding hydrogens is 228 g/mol. The molecule has 0 aliphatic rings. The largest absolute Gasteiger partial charge is 0.338 e. The third-order valence-corrected chi connectivity index (χ3v) is 2.48. The van der Waals surface area contributed by atoms with E-state index in [0.29, 0.717) is 30.5 Å². The zero-order valence-corrected chi connectivity index (χ0v) is 11.6. The SMILES string of the molecule is CC(C)CN(CC(C)C)C(=O)c1cc[nH]c(=O)c1. The predicted octanol–water partition coefficient (Wildman–Crippen LogP) is 2.13. The Labute approximate surface area is 108 Å². The second-order valence-electron chi connectivity index (χ2n) is 5.44. The summed E-state index contributed by atoms with van der Waals surface area (Å²) in [5.41, 5.74) is 0.218. The molecule has 0 radical (unpaired) electrons. The van der Waals surface area contributed by atoms with Crippen LogP contribution in [0.2, 0.25) is 0 Å². The molecule has 1 aromatic heterocycles. The molecule has 1 heterocycles. The summed E-state index contributed by atoms with van der Waals surface area (Å²) in [4.78, 5) is 27.9. The van der Waals surface area contributed by atoms with Gasteiger partial charge in [-0.3, -0.25) is 9.59 Å². The summed E-state index contributed by atoms with van der Waals surface area (Å²) in [6.07, 6.45) is 1.51. The van der Waals surface area contributed by atoms with Gasteiger partial charge in [0.2, 0.25) is 5.56 Å². The first-order valence-corrected chi connectivity index (χ1v) is 6.38. The van der Waals surface area contributed by atoms with Gasteiger partial charge in [0, 0.05) is 30.9 Å². The van der Waals surface area contributed by atoms with Crippen LogP contribution in [0.5, 0.6) is 0 Å². The summed E-state index contributed by atoms with van der Waals surface area (Å²) < 4.78 is 0. The van der Waals surface area contributed by atoms with Gasteiger partial charge >= 0.3 is 0 Å². The zero-order valence-electron chi connectivity index (χ0n) is 11.6. The average molecular weight is 250 g/mol. The van der Waals surface area contributed by atoms with Crippen LogP contribution in [-0.2, 0) is 0 Å². The molecule has 0 aliphatic carbocycles. The van der Waals surface area contributed by atoms with E-state index in [0.717, 1.165) is 0 Å². The zero-order chi connectivity index (χ0) is 13.7. The summed E-state index contributed by atoms with van der Waals surface area (Å²) in [6.45, 7) is 9.75. The second kappa shape index (κ2) is 6.38. The molecule has 0 unspecified atom stereocenters. The third kappa shape index (κ3) is 4.35. The van der Waals surface area contributed by atoms with Crippen molar-refractivity contribution in [1.82, 2.24) is 9.88 Å². The van der Waals surface area contributed by atoms with Crippen molar-refractivity contribution < 1.29 is 4.79 Å². The Morgan fingerprint density at radius 2 is 1.78 bits per heavy atom. The Balaban J connectivity index is 2.90. The van der Waals surface area contributed by atoms with Gasteiger partial charge in [0.25, 0.3) is 5.91 Å². The quantitative estimate of drug-likeness (QED) is 0.870. The van der Waals surface area contributed by atoms with Crippen molar-refractivity contribution in [2.75, 3.05) is 13.1 Å². The molecule has 4 heteroatoms. The van der Waals surface area contributed by atoms with Crippen LogP contribution in [0, 0.1) is 11.8 Å². The summed E-state index contributed by atoms with van der Waals surface area (Å²) in [5.74, 6) is 0.757. The Hall–Kier alpha value is -1.58. The van der Waals surface area contributed by atoms with Crippen LogP contribution in [-0.4, -0.2) is 28.9 Å². The number of amides is 1. The number of nitrogens with zero attached hydrogens (tertiary/aromatic N) is 1. The highest BCUT2D eigenvalue weighted by molar-refractivity contribution is 5.94. The van der Waals surface area contributed by atoms with E-state index in [2.05, 4.69) is 32.7 Å². The minimum Gasteiger partial charge on any atom is -0.338 e. The molecule has 1 rings (SSSR count). The van der Waals surface area contributed by atoms with Crippen LogP contribution in [0.1, 0.15) is 38.1 Å². The minimum atomic E-state index is -0.241. The van der Waals surface area contributed by atoms with Crippen LogP contribution < -0.4 is 5.56 Å². The van der Waals surface area contributed by atoms with Crippen molar-refractivity contribution in [3.63, 3.8) is 0 Å². The molecule has 0 aliphatic heterocycles. The highest BCUT2D eigenvalue weighted by Crippen LogP contribution is 2.08. The first-order valence-electron chi connectivity index (χ1n) is 6.38. The van der Waals surface area contributed by atoms with Crippen molar-refractivity contribution in [3.8, 4) is 0 Å². The van der Waals surface area contributed by atoms with Gasteiger partial charge in [-0.25, -0.2) is 0 Å². The van der Waals surface area contributed by atoms with E-state index in [4.69, 9.17) is 0 Å². The summed E-state index contributed by atoms with van der Waals surface area (Å²) >= 11 is 0. The van der Waals surface area contributed by atoms with Crippen molar-refractivity contribution >= 4 is 5.91 Å². The topological polar surface area (TPSA) is 53.2 Å². The molecule has 0 aromatic carbocycles. The van der Waals surface area contributed by atoms with E-state index < -0.39 is 0 Å². The maximum Gasteiger partial charge on any atom is 0.254 e. The molecule has 0 fully saturated rings. The molecule has 0 saturated carbocycles. The smallest absolute Gasteiger partial charge is 0.254 e. The minimum absolute atomic E-state index is 0.0662. The van der Waals surface area contributed by atoms with E-state index in [-0.39, 0.29) is 11.5 Å². The van der Waals surface area contributed by atoms with Gasteiger partial charge in [-0.05, 0) is 17.9 Å². The van der Waals surface area contributed by atoms with Crippen molar-refractivity contribution in [2.45, 2.75) is 27.7 Å². The van der Waals surface area contributed by atoms with E-state index in [1.54, 1.807) is 6.07 Å². The summed E-state index contributed by atoms with van der Waals surface area (Å²) in [7, 11) is 0. The fourth-order valence-corrected chi connectivity index (χ4v) is 1.88. The number of nitrogens with one attached hydrogen (secondary N) is 1. The molecule has 1 amide bonds. The first-order chi connectivity index (χ1) is 8.40. The Kier molecular flexibility index (Phi) is 5.13. The number of aromatic nitrogens is 1. The fraction of sp³-hybridized carbons (Fsp3) is 0.571. The molecule has 0 saturated heterocycles. The average Bonchev–Trinajstić information content (AvgIpc) is 2.26. The van der Waals surface area contributed by atoms with E-state index in [9.17, 15) is 9.59 Å². The number of carbonyl (C=O) groups is 1. The molecule has 100 valence electrons. The van der Waals surface area contributed by atoms with Crippen molar-refractivity contribution in [1.29, 1.82) is 0 Å². The number of pyridine rings is 1. The van der Waals surface area contributed by atoms with Gasteiger partial charge in [-0.15, -0.1) is 0 Å². The van der Waals surface area contributed by atoms with Gasteiger partial charge < -0.3 is 9.88 Å². The molecule has 0 atom stereocenters. The summed E-state index contributed by atoms with van der Waals surface area (Å²) in [5, 5.41) is 0. The van der Waals surface area contributed by atoms with Crippen LogP contribution in [0.25, 0.3) is 0 Å². The van der Waals surface area contributed by atoms with Crippen LogP contribution in [0.4, 0.5) is 0 Å². The molecule has 1 aromatic rings. The second-order valence-corrected chi connectivity index (χ2v) is 5.44. The van der Waals surface area contributed by atoms with E-state index in [1.807, 2.05) is 4.90 Å². The molecule has 0 spiro atoms. The number of aromatic amines is 1. The van der Waals surface area contributed by atoms with Gasteiger partial charge in [0.05, 0.1) is 0 Å². The number of carbonyl (C=O) groups excluding carboxylic acids is 1. The number of H-pyrrole nitrogens is 1. The lowest BCUT2D eigenvalue weighted by atomic mass is 10.1. The van der Waals surface area contributed by atoms with Crippen molar-refractivity contribution in [2.24, 2.45) is 11.8 Å². The number of rotatable bonds is 5. The number of hydrogen-bond donors (Lipinski definition) is 1.